The number of nitrogens with one attached hydrogen (secondary N) is 2. The Kier molecular flexibility index (Phi) is 8.00. The lowest BCUT2D eigenvalue weighted by Crippen LogP contribution is -2.35. The standard InChI is InChI=1S/C25H23ClN2O4/c1-17-6-5-9-20(14-17)25(31)27-15-23(30)32-16-22(29)28-24(18-7-3-2-4-8-18)19-10-12-21(26)13-11-19/h2-14,24H,15-16H2,1H3,(H,27,31)(H,28,29). The van der Waals surface area contributed by atoms with Crippen molar-refractivity contribution in [1.82, 2.24) is 10.6 Å². The number of rotatable bonds is 8. The molecule has 0 aromatic heterocycles. The monoisotopic (exact) mass is 450 g/mol. The lowest BCUT2D eigenvalue weighted by Gasteiger charge is -2.20. The first kappa shape index (κ1) is 23.0. The second-order valence-electron chi connectivity index (χ2n) is 7.18. The Hall–Kier alpha value is -3.64. The van der Waals surface area contributed by atoms with Crippen molar-refractivity contribution in [3.05, 3.63) is 106 Å². The fraction of sp³-hybridized carbons (Fsp3) is 0.160. The summed E-state index contributed by atoms with van der Waals surface area (Å²) in [5.74, 6) is -1.56. The average molecular weight is 451 g/mol. The van der Waals surface area contributed by atoms with E-state index in [0.717, 1.165) is 16.7 Å². The molecule has 2 amide bonds. The number of aryl methyl sites for hydroxylation is 1. The van der Waals surface area contributed by atoms with Gasteiger partial charge in [0, 0.05) is 10.6 Å². The molecule has 0 heterocycles. The van der Waals surface area contributed by atoms with E-state index in [1.54, 1.807) is 30.3 Å². The lowest BCUT2D eigenvalue weighted by molar-refractivity contribution is -0.147. The number of carbonyl (C=O) groups excluding carboxylic acids is 3. The third-order valence-corrected chi connectivity index (χ3v) is 4.93. The van der Waals surface area contributed by atoms with Gasteiger partial charge in [-0.3, -0.25) is 14.4 Å². The molecule has 7 heteroatoms. The van der Waals surface area contributed by atoms with Crippen molar-refractivity contribution in [2.24, 2.45) is 0 Å². The van der Waals surface area contributed by atoms with Gasteiger partial charge in [0.15, 0.2) is 6.61 Å². The van der Waals surface area contributed by atoms with Gasteiger partial charge in [0.1, 0.15) is 6.54 Å². The highest BCUT2D eigenvalue weighted by molar-refractivity contribution is 6.30. The van der Waals surface area contributed by atoms with Crippen LogP contribution in [-0.2, 0) is 14.3 Å². The van der Waals surface area contributed by atoms with Crippen LogP contribution in [0.2, 0.25) is 5.02 Å². The highest BCUT2D eigenvalue weighted by Crippen LogP contribution is 2.23. The summed E-state index contributed by atoms with van der Waals surface area (Å²) in [5.41, 5.74) is 3.10. The van der Waals surface area contributed by atoms with Crippen molar-refractivity contribution >= 4 is 29.4 Å². The zero-order chi connectivity index (χ0) is 22.9. The summed E-state index contributed by atoms with van der Waals surface area (Å²) in [7, 11) is 0. The minimum atomic E-state index is -0.705. The molecule has 3 aromatic carbocycles. The second-order valence-corrected chi connectivity index (χ2v) is 7.61. The number of ether oxygens (including phenoxy) is 1. The van der Waals surface area contributed by atoms with Crippen LogP contribution in [0.4, 0.5) is 0 Å². The van der Waals surface area contributed by atoms with Gasteiger partial charge in [-0.1, -0.05) is 71.8 Å². The van der Waals surface area contributed by atoms with E-state index in [2.05, 4.69) is 10.6 Å². The maximum absolute atomic E-state index is 12.5. The molecule has 3 rings (SSSR count). The summed E-state index contributed by atoms with van der Waals surface area (Å²) in [4.78, 5) is 36.6. The molecule has 0 radical (unpaired) electrons. The van der Waals surface area contributed by atoms with E-state index < -0.39 is 24.5 Å². The van der Waals surface area contributed by atoms with Gasteiger partial charge >= 0.3 is 5.97 Å². The third-order valence-electron chi connectivity index (χ3n) is 4.68. The zero-order valence-electron chi connectivity index (χ0n) is 17.5. The molecule has 2 N–H and O–H groups in total. The van der Waals surface area contributed by atoms with Crippen LogP contribution in [0.1, 0.15) is 33.1 Å². The number of halogens is 1. The predicted molar refractivity (Wildman–Crippen MR) is 122 cm³/mol. The first-order valence-electron chi connectivity index (χ1n) is 10.0. The molecule has 1 atom stereocenters. The third kappa shape index (κ3) is 6.68. The van der Waals surface area contributed by atoms with E-state index in [-0.39, 0.29) is 12.5 Å². The Balaban J connectivity index is 1.54. The van der Waals surface area contributed by atoms with Crippen molar-refractivity contribution in [3.8, 4) is 0 Å². The fourth-order valence-corrected chi connectivity index (χ4v) is 3.23. The van der Waals surface area contributed by atoms with Gasteiger partial charge in [0.25, 0.3) is 11.8 Å². The molecule has 164 valence electrons. The van der Waals surface area contributed by atoms with Crippen molar-refractivity contribution in [2.45, 2.75) is 13.0 Å². The first-order valence-corrected chi connectivity index (χ1v) is 10.4. The van der Waals surface area contributed by atoms with Gasteiger partial charge in [-0.15, -0.1) is 0 Å². The van der Waals surface area contributed by atoms with Gasteiger partial charge in [-0.05, 0) is 42.3 Å². The van der Waals surface area contributed by atoms with Crippen LogP contribution in [0.3, 0.4) is 0 Å². The maximum atomic E-state index is 12.5. The van der Waals surface area contributed by atoms with Crippen LogP contribution >= 0.6 is 11.6 Å². The minimum Gasteiger partial charge on any atom is -0.454 e. The lowest BCUT2D eigenvalue weighted by atomic mass is 9.99. The van der Waals surface area contributed by atoms with E-state index in [1.165, 1.54) is 0 Å². The Labute approximate surface area is 191 Å². The SMILES string of the molecule is Cc1cccc(C(=O)NCC(=O)OCC(=O)NC(c2ccccc2)c2ccc(Cl)cc2)c1. The first-order chi connectivity index (χ1) is 15.4. The molecule has 1 unspecified atom stereocenters. The molecule has 0 bridgehead atoms. The van der Waals surface area contributed by atoms with Gasteiger partial charge in [-0.2, -0.15) is 0 Å². The molecule has 32 heavy (non-hydrogen) atoms. The highest BCUT2D eigenvalue weighted by Gasteiger charge is 2.18. The van der Waals surface area contributed by atoms with Crippen LogP contribution in [0.25, 0.3) is 0 Å². The molecule has 0 aliphatic rings. The predicted octanol–water partition coefficient (Wildman–Crippen LogP) is 3.83. The smallest absolute Gasteiger partial charge is 0.325 e. The summed E-state index contributed by atoms with van der Waals surface area (Å²) in [6.07, 6.45) is 0. The number of carbonyl (C=O) groups is 3. The van der Waals surface area contributed by atoms with Crippen LogP contribution in [-0.4, -0.2) is 30.9 Å². The van der Waals surface area contributed by atoms with Gasteiger partial charge < -0.3 is 15.4 Å². The molecular weight excluding hydrogens is 428 g/mol. The van der Waals surface area contributed by atoms with Crippen molar-refractivity contribution in [3.63, 3.8) is 0 Å². The van der Waals surface area contributed by atoms with E-state index in [9.17, 15) is 14.4 Å². The minimum absolute atomic E-state index is 0.334. The topological polar surface area (TPSA) is 84.5 Å². The Morgan fingerprint density at radius 3 is 2.28 bits per heavy atom. The normalized spacial score (nSPS) is 11.3. The molecule has 0 saturated heterocycles. The van der Waals surface area contributed by atoms with Crippen LogP contribution in [0.15, 0.2) is 78.9 Å². The largest absolute Gasteiger partial charge is 0.454 e. The molecule has 6 nitrogen and oxygen atoms in total. The quantitative estimate of drug-likeness (QED) is 0.511. The van der Waals surface area contributed by atoms with Crippen molar-refractivity contribution in [1.29, 1.82) is 0 Å². The molecule has 0 aliphatic heterocycles. The number of amides is 2. The molecule has 0 fully saturated rings. The van der Waals surface area contributed by atoms with Crippen molar-refractivity contribution < 1.29 is 19.1 Å². The Bertz CT molecular complexity index is 1080. The van der Waals surface area contributed by atoms with Crippen LogP contribution < -0.4 is 10.6 Å². The van der Waals surface area contributed by atoms with Crippen molar-refractivity contribution in [2.75, 3.05) is 13.2 Å². The number of benzene rings is 3. The maximum Gasteiger partial charge on any atom is 0.325 e. The number of hydrogen-bond donors (Lipinski definition) is 2. The van der Waals surface area contributed by atoms with Gasteiger partial charge in [-0.25, -0.2) is 0 Å². The molecule has 0 spiro atoms. The fourth-order valence-electron chi connectivity index (χ4n) is 3.10. The van der Waals surface area contributed by atoms with E-state index in [0.29, 0.717) is 10.6 Å². The Morgan fingerprint density at radius 2 is 1.59 bits per heavy atom. The van der Waals surface area contributed by atoms with Crippen LogP contribution in [0, 0.1) is 6.92 Å². The average Bonchev–Trinajstić information content (AvgIpc) is 2.81. The molecule has 3 aromatic rings. The highest BCUT2D eigenvalue weighted by atomic mass is 35.5. The molecule has 0 aliphatic carbocycles. The van der Waals surface area contributed by atoms with E-state index in [1.807, 2.05) is 55.5 Å². The number of esters is 1. The van der Waals surface area contributed by atoms with E-state index in [4.69, 9.17) is 16.3 Å². The van der Waals surface area contributed by atoms with Crippen LogP contribution in [0.5, 0.6) is 0 Å². The summed E-state index contributed by atoms with van der Waals surface area (Å²) >= 11 is 5.98. The molecular formula is C25H23ClN2O4. The summed E-state index contributed by atoms with van der Waals surface area (Å²) < 4.78 is 5.02. The van der Waals surface area contributed by atoms with E-state index >= 15 is 0 Å². The second kappa shape index (κ2) is 11.1. The number of hydrogen-bond acceptors (Lipinski definition) is 4. The Morgan fingerprint density at radius 1 is 0.906 bits per heavy atom. The van der Waals surface area contributed by atoms with Gasteiger partial charge in [0.2, 0.25) is 0 Å². The zero-order valence-corrected chi connectivity index (χ0v) is 18.3. The summed E-state index contributed by atoms with van der Waals surface area (Å²) in [6.45, 7) is 1.08. The van der Waals surface area contributed by atoms with Gasteiger partial charge in [0.05, 0.1) is 6.04 Å². The molecule has 0 saturated carbocycles. The summed E-state index contributed by atoms with van der Waals surface area (Å²) in [6, 6.07) is 23.1. The summed E-state index contributed by atoms with van der Waals surface area (Å²) in [5, 5.41) is 5.96.